The van der Waals surface area contributed by atoms with Gasteiger partial charge in [0.05, 0.1) is 5.69 Å². The number of hydrogen-bond acceptors (Lipinski definition) is 6. The van der Waals surface area contributed by atoms with Gasteiger partial charge in [-0.25, -0.2) is 9.97 Å². The summed E-state index contributed by atoms with van der Waals surface area (Å²) in [6.07, 6.45) is 2.39. The van der Waals surface area contributed by atoms with Crippen LogP contribution in [0.25, 0.3) is 11.3 Å². The third kappa shape index (κ3) is 4.69. The van der Waals surface area contributed by atoms with E-state index in [0.29, 0.717) is 28.0 Å². The van der Waals surface area contributed by atoms with Crippen LogP contribution in [0.15, 0.2) is 33.5 Å². The highest BCUT2D eigenvalue weighted by atomic mass is 32.2. The van der Waals surface area contributed by atoms with Crippen LogP contribution >= 0.6 is 23.1 Å². The molecule has 0 aliphatic carbocycles. The van der Waals surface area contributed by atoms with Crippen LogP contribution in [0.1, 0.15) is 28.8 Å². The number of H-pyrrole nitrogens is 1. The highest BCUT2D eigenvalue weighted by Gasteiger charge is 2.12. The Balaban J connectivity index is 1.64. The Bertz CT molecular complexity index is 1070. The van der Waals surface area contributed by atoms with Crippen molar-refractivity contribution in [1.29, 1.82) is 0 Å². The second-order valence-corrected chi connectivity index (χ2v) is 8.18. The molecule has 1 aromatic carbocycles. The summed E-state index contributed by atoms with van der Waals surface area (Å²) in [4.78, 5) is 36.0. The molecule has 0 spiro atoms. The average Bonchev–Trinajstić information content (AvgIpc) is 3.11. The Hall–Kier alpha value is -2.45. The van der Waals surface area contributed by atoms with Crippen molar-refractivity contribution in [2.75, 3.05) is 11.6 Å². The highest BCUT2D eigenvalue weighted by Crippen LogP contribution is 2.26. The molecular formula is C20H22N4O2S2. The number of amides is 1. The van der Waals surface area contributed by atoms with Gasteiger partial charge in [-0.2, -0.15) is 0 Å². The van der Waals surface area contributed by atoms with Gasteiger partial charge < -0.3 is 10.3 Å². The molecule has 0 radical (unpaired) electrons. The molecule has 0 fully saturated rings. The minimum absolute atomic E-state index is 0.172. The van der Waals surface area contributed by atoms with Crippen LogP contribution in [-0.2, 0) is 11.2 Å². The number of nitrogens with zero attached hydrogens (tertiary/aromatic N) is 2. The Morgan fingerprint density at radius 3 is 2.68 bits per heavy atom. The molecule has 3 aromatic rings. The third-order valence-electron chi connectivity index (χ3n) is 4.55. The zero-order valence-corrected chi connectivity index (χ0v) is 17.9. The Morgan fingerprint density at radius 1 is 1.21 bits per heavy atom. The monoisotopic (exact) mass is 414 g/mol. The quantitative estimate of drug-likeness (QED) is 0.468. The van der Waals surface area contributed by atoms with Crippen LogP contribution in [0.2, 0.25) is 0 Å². The Kier molecular flexibility index (Phi) is 6.31. The first kappa shape index (κ1) is 20.3. The van der Waals surface area contributed by atoms with Gasteiger partial charge in [0.25, 0.3) is 5.56 Å². The summed E-state index contributed by atoms with van der Waals surface area (Å²) < 4.78 is 0. The van der Waals surface area contributed by atoms with Crippen LogP contribution in [0, 0.1) is 20.8 Å². The fraction of sp³-hybridized carbons (Fsp3) is 0.300. The lowest BCUT2D eigenvalue weighted by atomic mass is 10.1. The molecule has 0 atom stereocenters. The first-order valence-corrected chi connectivity index (χ1v) is 10.9. The van der Waals surface area contributed by atoms with E-state index >= 15 is 0 Å². The molecule has 0 bridgehead atoms. The molecular weight excluding hydrogens is 392 g/mol. The van der Waals surface area contributed by atoms with E-state index in [4.69, 9.17) is 0 Å². The number of thiazole rings is 1. The summed E-state index contributed by atoms with van der Waals surface area (Å²) in [6, 6.07) is 6.19. The molecule has 8 heteroatoms. The van der Waals surface area contributed by atoms with Crippen LogP contribution in [0.5, 0.6) is 0 Å². The second-order valence-electron chi connectivity index (χ2n) is 6.52. The zero-order valence-electron chi connectivity index (χ0n) is 16.3. The van der Waals surface area contributed by atoms with E-state index in [0.717, 1.165) is 11.3 Å². The molecule has 0 saturated heterocycles. The van der Waals surface area contributed by atoms with Gasteiger partial charge in [0.2, 0.25) is 5.91 Å². The Morgan fingerprint density at radius 2 is 2.00 bits per heavy atom. The molecule has 6 nitrogen and oxygen atoms in total. The zero-order chi connectivity index (χ0) is 20.3. The number of benzene rings is 1. The van der Waals surface area contributed by atoms with Crippen molar-refractivity contribution in [1.82, 2.24) is 15.0 Å². The lowest BCUT2D eigenvalue weighted by Crippen LogP contribution is -2.20. The fourth-order valence-electron chi connectivity index (χ4n) is 2.76. The van der Waals surface area contributed by atoms with E-state index in [1.54, 1.807) is 6.92 Å². The van der Waals surface area contributed by atoms with Crippen LogP contribution in [-0.4, -0.2) is 27.1 Å². The number of rotatable bonds is 6. The number of carbonyl (C=O) groups excluding carboxylic acids is 1. The van der Waals surface area contributed by atoms with Gasteiger partial charge in [-0.05, 0) is 50.6 Å². The number of aromatic nitrogens is 3. The third-order valence-corrected chi connectivity index (χ3v) is 5.89. The summed E-state index contributed by atoms with van der Waals surface area (Å²) >= 11 is 2.77. The minimum Gasteiger partial charge on any atom is -0.302 e. The normalized spacial score (nSPS) is 10.9. The molecule has 0 unspecified atom stereocenters. The molecule has 28 heavy (non-hydrogen) atoms. The van der Waals surface area contributed by atoms with Gasteiger partial charge in [-0.3, -0.25) is 9.59 Å². The SMILES string of the molecule is CSc1nc(C)c(CCC(=O)Nc2nc(-c3ccc(C)c(C)c3)cs2)c(=O)[nH]1. The van der Waals surface area contributed by atoms with Crippen molar-refractivity contribution < 1.29 is 4.79 Å². The molecule has 2 aromatic heterocycles. The number of aromatic amines is 1. The molecule has 0 aliphatic rings. The maximum Gasteiger partial charge on any atom is 0.254 e. The number of anilines is 1. The average molecular weight is 415 g/mol. The predicted octanol–water partition coefficient (Wildman–Crippen LogP) is 4.11. The second kappa shape index (κ2) is 8.70. The smallest absolute Gasteiger partial charge is 0.254 e. The Labute approximate surface area is 171 Å². The van der Waals surface area contributed by atoms with Crippen molar-refractivity contribution >= 4 is 34.1 Å². The molecule has 0 saturated carbocycles. The van der Waals surface area contributed by atoms with Crippen LogP contribution in [0.3, 0.4) is 0 Å². The van der Waals surface area contributed by atoms with Crippen molar-refractivity contribution in [3.63, 3.8) is 0 Å². The fourth-order valence-corrected chi connectivity index (χ4v) is 3.92. The molecule has 1 amide bonds. The maximum atomic E-state index is 12.3. The van der Waals surface area contributed by atoms with Crippen molar-refractivity contribution in [2.24, 2.45) is 0 Å². The van der Waals surface area contributed by atoms with Crippen molar-refractivity contribution in [3.8, 4) is 11.3 Å². The lowest BCUT2D eigenvalue weighted by molar-refractivity contribution is -0.116. The van der Waals surface area contributed by atoms with Gasteiger partial charge in [0, 0.05) is 28.6 Å². The van der Waals surface area contributed by atoms with E-state index in [2.05, 4.69) is 46.2 Å². The van der Waals surface area contributed by atoms with Crippen molar-refractivity contribution in [3.05, 3.63) is 56.3 Å². The molecule has 146 valence electrons. The van der Waals surface area contributed by atoms with E-state index < -0.39 is 0 Å². The number of nitrogens with one attached hydrogen (secondary N) is 2. The van der Waals surface area contributed by atoms with Gasteiger partial charge >= 0.3 is 0 Å². The van der Waals surface area contributed by atoms with Crippen LogP contribution in [0.4, 0.5) is 5.13 Å². The predicted molar refractivity (Wildman–Crippen MR) is 115 cm³/mol. The van der Waals surface area contributed by atoms with Gasteiger partial charge in [0.15, 0.2) is 10.3 Å². The lowest BCUT2D eigenvalue weighted by Gasteiger charge is -2.06. The molecule has 2 heterocycles. The molecule has 2 N–H and O–H groups in total. The molecule has 3 rings (SSSR count). The van der Waals surface area contributed by atoms with E-state index in [1.165, 1.54) is 34.2 Å². The van der Waals surface area contributed by atoms with E-state index in [9.17, 15) is 9.59 Å². The highest BCUT2D eigenvalue weighted by molar-refractivity contribution is 7.98. The summed E-state index contributed by atoms with van der Waals surface area (Å²) in [6.45, 7) is 5.93. The number of carbonyl (C=O) groups is 1. The first-order chi connectivity index (χ1) is 13.4. The van der Waals surface area contributed by atoms with Crippen molar-refractivity contribution in [2.45, 2.75) is 38.8 Å². The largest absolute Gasteiger partial charge is 0.302 e. The molecule has 0 aliphatic heterocycles. The summed E-state index contributed by atoms with van der Waals surface area (Å²) in [5.74, 6) is -0.172. The van der Waals surface area contributed by atoms with Gasteiger partial charge in [-0.15, -0.1) is 11.3 Å². The maximum absolute atomic E-state index is 12.3. The van der Waals surface area contributed by atoms with Crippen LogP contribution < -0.4 is 10.9 Å². The van der Waals surface area contributed by atoms with E-state index in [1.807, 2.05) is 17.7 Å². The van der Waals surface area contributed by atoms with E-state index in [-0.39, 0.29) is 17.9 Å². The minimum atomic E-state index is -0.184. The number of hydrogen-bond donors (Lipinski definition) is 2. The standard InChI is InChI=1S/C20H22N4O2S2/c1-11-5-6-14(9-12(11)2)16-10-28-20(22-16)23-17(25)8-7-15-13(3)21-19(27-4)24-18(15)26/h5-6,9-10H,7-8H2,1-4H3,(H,21,24,26)(H,22,23,25). The summed E-state index contributed by atoms with van der Waals surface area (Å²) in [5, 5.41) is 5.89. The summed E-state index contributed by atoms with van der Waals surface area (Å²) in [5.41, 5.74) is 5.33. The van der Waals surface area contributed by atoms with Gasteiger partial charge in [-0.1, -0.05) is 23.9 Å². The number of thioether (sulfide) groups is 1. The number of aryl methyl sites for hydroxylation is 3. The first-order valence-electron chi connectivity index (χ1n) is 8.84. The van der Waals surface area contributed by atoms with Gasteiger partial charge in [0.1, 0.15) is 0 Å². The summed E-state index contributed by atoms with van der Waals surface area (Å²) in [7, 11) is 0. The topological polar surface area (TPSA) is 87.7 Å².